The first-order chi connectivity index (χ1) is 13.5. The van der Waals surface area contributed by atoms with Gasteiger partial charge >= 0.3 is 0 Å². The Bertz CT molecular complexity index is 949. The van der Waals surface area contributed by atoms with Gasteiger partial charge in [-0.25, -0.2) is 0 Å². The van der Waals surface area contributed by atoms with Gasteiger partial charge in [-0.15, -0.1) is 0 Å². The van der Waals surface area contributed by atoms with E-state index in [0.717, 1.165) is 35.5 Å². The molecular formula is C23H27N3OS. The summed E-state index contributed by atoms with van der Waals surface area (Å²) in [5.41, 5.74) is 6.26. The first kappa shape index (κ1) is 18.9. The van der Waals surface area contributed by atoms with Crippen molar-refractivity contribution in [2.24, 2.45) is 0 Å². The van der Waals surface area contributed by atoms with E-state index in [-0.39, 0.29) is 11.9 Å². The third kappa shape index (κ3) is 3.39. The van der Waals surface area contributed by atoms with Gasteiger partial charge in [0.25, 0.3) is 5.91 Å². The van der Waals surface area contributed by atoms with Crippen molar-refractivity contribution in [2.45, 2.75) is 58.9 Å². The Hall–Kier alpha value is -2.40. The summed E-state index contributed by atoms with van der Waals surface area (Å²) in [6.45, 7) is 6.28. The molecule has 1 saturated heterocycles. The standard InChI is InChI=1S/C23H27N3OS/c1-15-9-11-20(12-10-15)25-16(2)13-18(17(25)3)14-21-22(27)26(23(28)24-21)19-7-5-4-6-8-19/h9-14,19H,4-8H2,1-3H3,(H,24,28). The second-order valence-electron chi connectivity index (χ2n) is 7.95. The largest absolute Gasteiger partial charge is 0.328 e. The molecule has 2 fully saturated rings. The van der Waals surface area contributed by atoms with Gasteiger partial charge in [0, 0.05) is 23.1 Å². The number of aromatic nitrogens is 1. The maximum Gasteiger partial charge on any atom is 0.276 e. The molecule has 0 spiro atoms. The van der Waals surface area contributed by atoms with Crippen LogP contribution in [0.5, 0.6) is 0 Å². The summed E-state index contributed by atoms with van der Waals surface area (Å²) < 4.78 is 2.22. The Morgan fingerprint density at radius 2 is 1.75 bits per heavy atom. The maximum atomic E-state index is 13.0. The van der Waals surface area contributed by atoms with Gasteiger partial charge in [-0.2, -0.15) is 0 Å². The molecule has 4 rings (SSSR count). The molecule has 1 aromatic carbocycles. The van der Waals surface area contributed by atoms with Crippen LogP contribution in [0.15, 0.2) is 36.0 Å². The van der Waals surface area contributed by atoms with Gasteiger partial charge in [-0.1, -0.05) is 37.0 Å². The zero-order valence-corrected chi connectivity index (χ0v) is 17.6. The summed E-state index contributed by atoms with van der Waals surface area (Å²) in [5, 5.41) is 3.71. The van der Waals surface area contributed by atoms with Crippen LogP contribution >= 0.6 is 12.2 Å². The van der Waals surface area contributed by atoms with Crippen molar-refractivity contribution in [3.8, 4) is 5.69 Å². The lowest BCUT2D eigenvalue weighted by atomic mass is 9.94. The third-order valence-corrected chi connectivity index (χ3v) is 6.21. The van der Waals surface area contributed by atoms with E-state index in [0.29, 0.717) is 10.8 Å². The molecule has 0 bridgehead atoms. The number of nitrogens with zero attached hydrogens (tertiary/aromatic N) is 2. The van der Waals surface area contributed by atoms with Gasteiger partial charge in [0.15, 0.2) is 5.11 Å². The molecule has 5 heteroatoms. The minimum Gasteiger partial charge on any atom is -0.328 e. The molecule has 28 heavy (non-hydrogen) atoms. The zero-order chi connectivity index (χ0) is 19.8. The Morgan fingerprint density at radius 1 is 1.07 bits per heavy atom. The van der Waals surface area contributed by atoms with Crippen molar-refractivity contribution >= 4 is 29.3 Å². The van der Waals surface area contributed by atoms with E-state index >= 15 is 0 Å². The van der Waals surface area contributed by atoms with Gasteiger partial charge in [0.05, 0.1) is 0 Å². The average Bonchev–Trinajstić information content (AvgIpc) is 3.12. The molecule has 1 aromatic heterocycles. The third-order valence-electron chi connectivity index (χ3n) is 5.91. The van der Waals surface area contributed by atoms with Gasteiger partial charge in [-0.3, -0.25) is 9.69 Å². The summed E-state index contributed by atoms with van der Waals surface area (Å²) in [6.07, 6.45) is 7.64. The molecule has 146 valence electrons. The minimum absolute atomic E-state index is 0.0111. The average molecular weight is 394 g/mol. The number of hydrogen-bond donors (Lipinski definition) is 1. The van der Waals surface area contributed by atoms with E-state index in [1.54, 1.807) is 4.90 Å². The Morgan fingerprint density at radius 3 is 2.43 bits per heavy atom. The van der Waals surface area contributed by atoms with Crippen LogP contribution < -0.4 is 5.32 Å². The van der Waals surface area contributed by atoms with Crippen LogP contribution in [0.25, 0.3) is 11.8 Å². The van der Waals surface area contributed by atoms with Crippen molar-refractivity contribution in [1.82, 2.24) is 14.8 Å². The van der Waals surface area contributed by atoms with Crippen molar-refractivity contribution in [2.75, 3.05) is 0 Å². The van der Waals surface area contributed by atoms with Crippen LogP contribution in [-0.2, 0) is 4.79 Å². The van der Waals surface area contributed by atoms with Crippen molar-refractivity contribution in [3.63, 3.8) is 0 Å². The lowest BCUT2D eigenvalue weighted by molar-refractivity contribution is -0.124. The van der Waals surface area contributed by atoms with Gasteiger partial charge < -0.3 is 9.88 Å². The number of aryl methyl sites for hydroxylation is 2. The fourth-order valence-electron chi connectivity index (χ4n) is 4.40. The summed E-state index contributed by atoms with van der Waals surface area (Å²) in [5.74, 6) is 0.0111. The molecular weight excluding hydrogens is 366 g/mol. The second kappa shape index (κ2) is 7.55. The zero-order valence-electron chi connectivity index (χ0n) is 16.8. The number of nitrogens with one attached hydrogen (secondary N) is 1. The fraction of sp³-hybridized carbons (Fsp3) is 0.391. The molecule has 2 aromatic rings. The topological polar surface area (TPSA) is 37.3 Å². The van der Waals surface area contributed by atoms with E-state index < -0.39 is 0 Å². The highest BCUT2D eigenvalue weighted by atomic mass is 32.1. The fourth-order valence-corrected chi connectivity index (χ4v) is 4.74. The number of amides is 1. The number of benzene rings is 1. The summed E-state index contributed by atoms with van der Waals surface area (Å²) in [4.78, 5) is 14.8. The highest BCUT2D eigenvalue weighted by Crippen LogP contribution is 2.28. The smallest absolute Gasteiger partial charge is 0.276 e. The van der Waals surface area contributed by atoms with E-state index in [4.69, 9.17) is 12.2 Å². The SMILES string of the molecule is Cc1ccc(-n2c(C)cc(C=C3NC(=S)N(C4CCCCC4)C3=O)c2C)cc1. The first-order valence-corrected chi connectivity index (χ1v) is 10.5. The van der Waals surface area contributed by atoms with Gasteiger partial charge in [0.2, 0.25) is 0 Å². The molecule has 0 atom stereocenters. The summed E-state index contributed by atoms with van der Waals surface area (Å²) in [6, 6.07) is 10.9. The molecule has 0 unspecified atom stereocenters. The number of carbonyl (C=O) groups excluding carboxylic acids is 1. The molecule has 1 N–H and O–H groups in total. The molecule has 0 radical (unpaired) electrons. The van der Waals surface area contributed by atoms with E-state index in [1.807, 2.05) is 6.08 Å². The molecule has 1 aliphatic carbocycles. The van der Waals surface area contributed by atoms with Gasteiger partial charge in [-0.05, 0) is 75.7 Å². The molecule has 2 aliphatic rings. The second-order valence-corrected chi connectivity index (χ2v) is 8.34. The van der Waals surface area contributed by atoms with Crippen LogP contribution in [0.3, 0.4) is 0 Å². The molecule has 1 amide bonds. The number of thiocarbonyl (C=S) groups is 1. The quantitative estimate of drug-likeness (QED) is 0.602. The summed E-state index contributed by atoms with van der Waals surface area (Å²) >= 11 is 5.49. The van der Waals surface area contributed by atoms with E-state index in [1.165, 1.54) is 24.8 Å². The van der Waals surface area contributed by atoms with Crippen LogP contribution in [0.2, 0.25) is 0 Å². The van der Waals surface area contributed by atoms with Crippen LogP contribution in [0.1, 0.15) is 54.6 Å². The van der Waals surface area contributed by atoms with Crippen molar-refractivity contribution in [3.05, 3.63) is 58.5 Å². The molecule has 1 aliphatic heterocycles. The summed E-state index contributed by atoms with van der Waals surface area (Å²) in [7, 11) is 0. The van der Waals surface area contributed by atoms with E-state index in [9.17, 15) is 4.79 Å². The maximum absolute atomic E-state index is 13.0. The minimum atomic E-state index is 0.0111. The predicted octanol–water partition coefficient (Wildman–Crippen LogP) is 4.79. The van der Waals surface area contributed by atoms with Crippen LogP contribution in [-0.4, -0.2) is 26.5 Å². The lowest BCUT2D eigenvalue weighted by Gasteiger charge is -2.29. The first-order valence-electron chi connectivity index (χ1n) is 10.1. The normalized spacial score (nSPS) is 19.5. The number of hydrogen-bond acceptors (Lipinski definition) is 2. The van der Waals surface area contributed by atoms with Crippen LogP contribution in [0.4, 0.5) is 0 Å². The Labute approximate surface area is 172 Å². The Kier molecular flexibility index (Phi) is 5.11. The number of carbonyl (C=O) groups is 1. The highest BCUT2D eigenvalue weighted by molar-refractivity contribution is 7.80. The Balaban J connectivity index is 1.64. The number of rotatable bonds is 3. The van der Waals surface area contributed by atoms with Crippen molar-refractivity contribution in [1.29, 1.82) is 0 Å². The molecule has 2 heterocycles. The highest BCUT2D eigenvalue weighted by Gasteiger charge is 2.36. The molecule has 4 nitrogen and oxygen atoms in total. The van der Waals surface area contributed by atoms with E-state index in [2.05, 4.69) is 61.0 Å². The van der Waals surface area contributed by atoms with Crippen molar-refractivity contribution < 1.29 is 4.79 Å². The molecule has 1 saturated carbocycles. The lowest BCUT2D eigenvalue weighted by Crippen LogP contribution is -2.41. The van der Waals surface area contributed by atoms with Crippen LogP contribution in [0, 0.1) is 20.8 Å². The van der Waals surface area contributed by atoms with Gasteiger partial charge in [0.1, 0.15) is 5.70 Å². The monoisotopic (exact) mass is 393 g/mol. The predicted molar refractivity (Wildman–Crippen MR) is 117 cm³/mol.